The standard InChI is InChI=1S/C23H30N2O4/c1-5-6-12-28-19-9-7-8-18(14-19)23(27)25-24-22(26)15-29-21-13-17(4)10-11-20(21)16(2)3/h7-11,13-14,16H,5-6,12,15H2,1-4H3,(H,24,26)(H,25,27). The second-order valence-corrected chi connectivity index (χ2v) is 7.22. The minimum absolute atomic E-state index is 0.191. The number of hydrazine groups is 1. The van der Waals surface area contributed by atoms with Crippen molar-refractivity contribution in [2.75, 3.05) is 13.2 Å². The number of unbranched alkanes of at least 4 members (excludes halogenated alkanes) is 1. The molecule has 0 heterocycles. The molecule has 2 aromatic carbocycles. The number of nitrogens with one attached hydrogen (secondary N) is 2. The van der Waals surface area contributed by atoms with Crippen molar-refractivity contribution >= 4 is 11.8 Å². The fraction of sp³-hybridized carbons (Fsp3) is 0.391. The van der Waals surface area contributed by atoms with Crippen LogP contribution in [0.3, 0.4) is 0 Å². The zero-order valence-electron chi connectivity index (χ0n) is 17.6. The molecule has 0 aromatic heterocycles. The van der Waals surface area contributed by atoms with E-state index in [0.29, 0.717) is 23.7 Å². The quantitative estimate of drug-likeness (QED) is 0.492. The van der Waals surface area contributed by atoms with Crippen LogP contribution in [0, 0.1) is 6.92 Å². The van der Waals surface area contributed by atoms with E-state index < -0.39 is 11.8 Å². The summed E-state index contributed by atoms with van der Waals surface area (Å²) in [5.74, 6) is 0.725. The van der Waals surface area contributed by atoms with Crippen molar-refractivity contribution in [1.82, 2.24) is 10.9 Å². The van der Waals surface area contributed by atoms with Crippen LogP contribution in [0.2, 0.25) is 0 Å². The highest BCUT2D eigenvalue weighted by Crippen LogP contribution is 2.27. The van der Waals surface area contributed by atoms with Crippen LogP contribution >= 0.6 is 0 Å². The summed E-state index contributed by atoms with van der Waals surface area (Å²) in [5, 5.41) is 0. The molecule has 0 aliphatic heterocycles. The number of hydrogen-bond donors (Lipinski definition) is 2. The van der Waals surface area contributed by atoms with Gasteiger partial charge < -0.3 is 9.47 Å². The van der Waals surface area contributed by atoms with E-state index >= 15 is 0 Å². The van der Waals surface area contributed by atoms with E-state index in [0.717, 1.165) is 24.0 Å². The van der Waals surface area contributed by atoms with Crippen LogP contribution in [0.4, 0.5) is 0 Å². The van der Waals surface area contributed by atoms with E-state index in [-0.39, 0.29) is 12.5 Å². The number of carbonyl (C=O) groups excluding carboxylic acids is 2. The van der Waals surface area contributed by atoms with Crippen LogP contribution in [0.15, 0.2) is 42.5 Å². The minimum Gasteiger partial charge on any atom is -0.494 e. The Labute approximate surface area is 172 Å². The molecule has 0 spiro atoms. The predicted molar refractivity (Wildman–Crippen MR) is 113 cm³/mol. The van der Waals surface area contributed by atoms with Gasteiger partial charge in [-0.3, -0.25) is 20.4 Å². The predicted octanol–water partition coefficient (Wildman–Crippen LogP) is 4.14. The molecule has 0 radical (unpaired) electrons. The summed E-state index contributed by atoms with van der Waals surface area (Å²) in [6.45, 7) is 8.60. The zero-order valence-corrected chi connectivity index (χ0v) is 17.6. The smallest absolute Gasteiger partial charge is 0.276 e. The molecule has 2 rings (SSSR count). The van der Waals surface area contributed by atoms with E-state index in [1.165, 1.54) is 0 Å². The normalized spacial score (nSPS) is 10.5. The van der Waals surface area contributed by atoms with E-state index in [2.05, 4.69) is 31.6 Å². The lowest BCUT2D eigenvalue weighted by atomic mass is 10.0. The van der Waals surface area contributed by atoms with Crippen LogP contribution in [-0.2, 0) is 4.79 Å². The molecule has 0 bridgehead atoms. The number of rotatable bonds is 9. The number of hydrogen-bond acceptors (Lipinski definition) is 4. The molecule has 0 aliphatic carbocycles. The molecule has 29 heavy (non-hydrogen) atoms. The fourth-order valence-corrected chi connectivity index (χ4v) is 2.68. The van der Waals surface area contributed by atoms with Gasteiger partial charge in [-0.2, -0.15) is 0 Å². The lowest BCUT2D eigenvalue weighted by Gasteiger charge is -2.15. The van der Waals surface area contributed by atoms with Gasteiger partial charge in [0.2, 0.25) is 0 Å². The topological polar surface area (TPSA) is 76.7 Å². The van der Waals surface area contributed by atoms with Crippen molar-refractivity contribution in [2.24, 2.45) is 0 Å². The minimum atomic E-state index is -0.440. The fourth-order valence-electron chi connectivity index (χ4n) is 2.68. The van der Waals surface area contributed by atoms with Crippen molar-refractivity contribution in [3.63, 3.8) is 0 Å². The number of amides is 2. The Bertz CT molecular complexity index is 833. The Morgan fingerprint density at radius 3 is 2.55 bits per heavy atom. The first-order valence-corrected chi connectivity index (χ1v) is 9.96. The second kappa shape index (κ2) is 11.1. The maximum atomic E-state index is 12.3. The second-order valence-electron chi connectivity index (χ2n) is 7.22. The molecule has 0 atom stereocenters. The van der Waals surface area contributed by atoms with Crippen molar-refractivity contribution < 1.29 is 19.1 Å². The highest BCUT2D eigenvalue weighted by atomic mass is 16.5. The summed E-state index contributed by atoms with van der Waals surface area (Å²) in [7, 11) is 0. The third-order valence-corrected chi connectivity index (χ3v) is 4.33. The van der Waals surface area contributed by atoms with Crippen LogP contribution in [0.1, 0.15) is 61.0 Å². The van der Waals surface area contributed by atoms with E-state index in [4.69, 9.17) is 9.47 Å². The van der Waals surface area contributed by atoms with Gasteiger partial charge in [0.25, 0.3) is 11.8 Å². The number of aryl methyl sites for hydroxylation is 1. The van der Waals surface area contributed by atoms with Gasteiger partial charge in [-0.05, 0) is 54.7 Å². The Hall–Kier alpha value is -3.02. The summed E-state index contributed by atoms with van der Waals surface area (Å²) >= 11 is 0. The molecule has 0 unspecified atom stereocenters. The van der Waals surface area contributed by atoms with Gasteiger partial charge in [0.1, 0.15) is 11.5 Å². The number of ether oxygens (including phenoxy) is 2. The first-order chi connectivity index (χ1) is 13.9. The van der Waals surface area contributed by atoms with Crippen LogP contribution in [-0.4, -0.2) is 25.0 Å². The van der Waals surface area contributed by atoms with Gasteiger partial charge in [0.05, 0.1) is 6.61 Å². The molecular weight excluding hydrogens is 368 g/mol. The maximum absolute atomic E-state index is 12.3. The van der Waals surface area contributed by atoms with Crippen molar-refractivity contribution in [1.29, 1.82) is 0 Å². The van der Waals surface area contributed by atoms with Gasteiger partial charge in [-0.25, -0.2) is 0 Å². The van der Waals surface area contributed by atoms with Gasteiger partial charge in [0, 0.05) is 5.56 Å². The Morgan fingerprint density at radius 2 is 1.83 bits per heavy atom. The van der Waals surface area contributed by atoms with Gasteiger partial charge >= 0.3 is 0 Å². The highest BCUT2D eigenvalue weighted by molar-refractivity contribution is 5.95. The van der Waals surface area contributed by atoms with Crippen LogP contribution in [0.5, 0.6) is 11.5 Å². The first kappa shape index (κ1) is 22.3. The molecule has 2 N–H and O–H groups in total. The molecule has 0 saturated heterocycles. The van der Waals surface area contributed by atoms with Gasteiger partial charge in [-0.15, -0.1) is 0 Å². The molecular formula is C23H30N2O4. The van der Waals surface area contributed by atoms with E-state index in [1.54, 1.807) is 24.3 Å². The SMILES string of the molecule is CCCCOc1cccc(C(=O)NNC(=O)COc2cc(C)ccc2C(C)C)c1. The Morgan fingerprint density at radius 1 is 1.03 bits per heavy atom. The Kier molecular flexibility index (Phi) is 8.52. The molecule has 0 aliphatic rings. The third-order valence-electron chi connectivity index (χ3n) is 4.33. The average molecular weight is 399 g/mol. The van der Waals surface area contributed by atoms with Gasteiger partial charge in [0.15, 0.2) is 6.61 Å². The molecule has 0 saturated carbocycles. The van der Waals surface area contributed by atoms with Crippen LogP contribution in [0.25, 0.3) is 0 Å². The summed E-state index contributed by atoms with van der Waals surface area (Å²) in [6.07, 6.45) is 1.99. The lowest BCUT2D eigenvalue weighted by molar-refractivity contribution is -0.123. The van der Waals surface area contributed by atoms with Crippen molar-refractivity contribution in [2.45, 2.75) is 46.5 Å². The average Bonchev–Trinajstić information content (AvgIpc) is 2.70. The van der Waals surface area contributed by atoms with E-state index in [9.17, 15) is 9.59 Å². The van der Waals surface area contributed by atoms with Crippen LogP contribution < -0.4 is 20.3 Å². The van der Waals surface area contributed by atoms with Gasteiger partial charge in [-0.1, -0.05) is 45.4 Å². The number of benzene rings is 2. The molecule has 2 aromatic rings. The number of carbonyl (C=O) groups is 2. The zero-order chi connectivity index (χ0) is 21.2. The van der Waals surface area contributed by atoms with E-state index in [1.807, 2.05) is 25.1 Å². The third kappa shape index (κ3) is 7.14. The highest BCUT2D eigenvalue weighted by Gasteiger charge is 2.12. The first-order valence-electron chi connectivity index (χ1n) is 9.96. The summed E-state index contributed by atoms with van der Waals surface area (Å²) in [4.78, 5) is 24.4. The molecule has 2 amide bonds. The Balaban J connectivity index is 1.86. The maximum Gasteiger partial charge on any atom is 0.276 e. The molecule has 6 heteroatoms. The van der Waals surface area contributed by atoms with Crippen molar-refractivity contribution in [3.05, 3.63) is 59.2 Å². The molecule has 156 valence electrons. The largest absolute Gasteiger partial charge is 0.494 e. The summed E-state index contributed by atoms with van der Waals surface area (Å²) < 4.78 is 11.3. The lowest BCUT2D eigenvalue weighted by Crippen LogP contribution is -2.43. The molecule has 0 fully saturated rings. The van der Waals surface area contributed by atoms with Crippen molar-refractivity contribution in [3.8, 4) is 11.5 Å². The molecule has 6 nitrogen and oxygen atoms in total. The summed E-state index contributed by atoms with van der Waals surface area (Å²) in [6, 6.07) is 12.8. The summed E-state index contributed by atoms with van der Waals surface area (Å²) in [5.41, 5.74) is 7.28. The monoisotopic (exact) mass is 398 g/mol.